The Kier molecular flexibility index (Phi) is 14.2. The summed E-state index contributed by atoms with van der Waals surface area (Å²) in [6.45, 7) is 8.72. The highest BCUT2D eigenvalue weighted by Gasteiger charge is 2.04. The van der Waals surface area contributed by atoms with Crippen LogP contribution in [0.2, 0.25) is 0 Å². The van der Waals surface area contributed by atoms with Crippen molar-refractivity contribution in [1.82, 2.24) is 0 Å². The smallest absolute Gasteiger partial charge is 0.310 e. The van der Waals surface area contributed by atoms with Crippen LogP contribution in [0.25, 0.3) is 0 Å². The standard InChI is InChI=1S/C6H10O3.C6H15P/c1-2-3-5(7)4-6(8)9;1-4-7(5-2)6-3/h2-4H2,1H3,(H,8,9);4-6H2,1-3H3. The van der Waals surface area contributed by atoms with Gasteiger partial charge in [0.05, 0.1) is 0 Å². The maximum Gasteiger partial charge on any atom is 0.310 e. The third-order valence-electron chi connectivity index (χ3n) is 2.22. The monoisotopic (exact) mass is 248 g/mol. The summed E-state index contributed by atoms with van der Waals surface area (Å²) < 4.78 is 0. The van der Waals surface area contributed by atoms with Crippen LogP contribution in [0.5, 0.6) is 0 Å². The Hall–Kier alpha value is -0.430. The Bertz CT molecular complexity index is 183. The quantitative estimate of drug-likeness (QED) is 0.555. The molecule has 0 aliphatic heterocycles. The van der Waals surface area contributed by atoms with Gasteiger partial charge in [0.25, 0.3) is 0 Å². The molecule has 3 nitrogen and oxygen atoms in total. The molecule has 0 radical (unpaired) electrons. The molecule has 0 spiro atoms. The minimum Gasteiger partial charge on any atom is -0.481 e. The molecule has 0 aliphatic carbocycles. The normalized spacial score (nSPS) is 9.56. The van der Waals surface area contributed by atoms with E-state index in [2.05, 4.69) is 20.8 Å². The lowest BCUT2D eigenvalue weighted by atomic mass is 10.2. The highest BCUT2D eigenvalue weighted by atomic mass is 31.1. The summed E-state index contributed by atoms with van der Waals surface area (Å²) in [5, 5.41) is 8.09. The number of ketones is 1. The minimum atomic E-state index is -1.03. The highest BCUT2D eigenvalue weighted by Crippen LogP contribution is 2.32. The van der Waals surface area contributed by atoms with Crippen molar-refractivity contribution in [3.63, 3.8) is 0 Å². The van der Waals surface area contributed by atoms with Crippen molar-refractivity contribution in [1.29, 1.82) is 0 Å². The van der Waals surface area contributed by atoms with Gasteiger partial charge in [0.2, 0.25) is 0 Å². The van der Waals surface area contributed by atoms with Gasteiger partial charge < -0.3 is 5.11 Å². The number of hydrogen-bond acceptors (Lipinski definition) is 2. The van der Waals surface area contributed by atoms with Crippen molar-refractivity contribution in [2.75, 3.05) is 18.5 Å². The minimum absolute atomic E-state index is 0.190. The Morgan fingerprint density at radius 1 is 1.00 bits per heavy atom. The molecule has 0 aromatic heterocycles. The van der Waals surface area contributed by atoms with Crippen LogP contribution >= 0.6 is 7.92 Å². The molecule has 16 heavy (non-hydrogen) atoms. The van der Waals surface area contributed by atoms with E-state index in [0.29, 0.717) is 14.3 Å². The molecule has 0 aromatic carbocycles. The van der Waals surface area contributed by atoms with Crippen LogP contribution in [0.4, 0.5) is 0 Å². The van der Waals surface area contributed by atoms with Gasteiger partial charge in [-0.1, -0.05) is 27.7 Å². The zero-order valence-electron chi connectivity index (χ0n) is 11.0. The molecule has 0 rings (SSSR count). The number of carbonyl (C=O) groups is 2. The number of carboxylic acid groups (broad SMARTS) is 1. The lowest BCUT2D eigenvalue weighted by Crippen LogP contribution is -2.05. The van der Waals surface area contributed by atoms with Crippen LogP contribution in [-0.2, 0) is 9.59 Å². The van der Waals surface area contributed by atoms with Crippen molar-refractivity contribution in [3.05, 3.63) is 0 Å². The largest absolute Gasteiger partial charge is 0.481 e. The van der Waals surface area contributed by atoms with Gasteiger partial charge in [-0.3, -0.25) is 9.59 Å². The summed E-state index contributed by atoms with van der Waals surface area (Å²) in [5.74, 6) is -1.22. The summed E-state index contributed by atoms with van der Waals surface area (Å²) in [4.78, 5) is 20.3. The van der Waals surface area contributed by atoms with E-state index in [1.165, 1.54) is 18.5 Å². The van der Waals surface area contributed by atoms with Crippen LogP contribution in [0.3, 0.4) is 0 Å². The van der Waals surface area contributed by atoms with Crippen LogP contribution in [-0.4, -0.2) is 35.3 Å². The second kappa shape index (κ2) is 12.6. The Labute approximate surface area is 100 Å². The van der Waals surface area contributed by atoms with E-state index < -0.39 is 5.97 Å². The predicted octanol–water partition coefficient (Wildman–Crippen LogP) is 3.36. The molecule has 0 fully saturated rings. The maximum absolute atomic E-state index is 10.5. The van der Waals surface area contributed by atoms with E-state index in [-0.39, 0.29) is 12.2 Å². The Balaban J connectivity index is 0. The molecular weight excluding hydrogens is 223 g/mol. The van der Waals surface area contributed by atoms with E-state index in [1.807, 2.05) is 6.92 Å². The first kappa shape index (κ1) is 17.9. The van der Waals surface area contributed by atoms with Crippen LogP contribution in [0, 0.1) is 0 Å². The van der Waals surface area contributed by atoms with Crippen molar-refractivity contribution in [3.8, 4) is 0 Å². The van der Waals surface area contributed by atoms with E-state index in [1.54, 1.807) is 0 Å². The average molecular weight is 248 g/mol. The number of Topliss-reactive ketones (excluding diaryl/α,β-unsaturated/α-hetero) is 1. The molecule has 1 N–H and O–H groups in total. The zero-order valence-corrected chi connectivity index (χ0v) is 11.8. The number of aliphatic carboxylic acids is 1. The molecule has 0 unspecified atom stereocenters. The zero-order chi connectivity index (χ0) is 13.0. The maximum atomic E-state index is 10.5. The SMILES string of the molecule is CCCC(=O)CC(=O)O.CCP(CC)CC. The summed E-state index contributed by atoms with van der Waals surface area (Å²) in [7, 11) is 0.446. The Morgan fingerprint density at radius 3 is 1.62 bits per heavy atom. The highest BCUT2D eigenvalue weighted by molar-refractivity contribution is 7.57. The third-order valence-corrected chi connectivity index (χ3v) is 4.90. The van der Waals surface area contributed by atoms with Crippen molar-refractivity contribution < 1.29 is 14.7 Å². The summed E-state index contributed by atoms with van der Waals surface area (Å²) in [5.41, 5.74) is 0. The van der Waals surface area contributed by atoms with Crippen molar-refractivity contribution in [2.24, 2.45) is 0 Å². The fraction of sp³-hybridized carbons (Fsp3) is 0.833. The second-order valence-electron chi connectivity index (χ2n) is 3.48. The first-order valence-corrected chi connectivity index (χ1v) is 7.87. The van der Waals surface area contributed by atoms with E-state index >= 15 is 0 Å². The third kappa shape index (κ3) is 13.6. The predicted molar refractivity (Wildman–Crippen MR) is 70.7 cm³/mol. The number of carboxylic acids is 1. The van der Waals surface area contributed by atoms with Gasteiger partial charge in [0.1, 0.15) is 12.2 Å². The molecular formula is C12H25O3P. The van der Waals surface area contributed by atoms with Gasteiger partial charge in [0, 0.05) is 6.42 Å². The van der Waals surface area contributed by atoms with Gasteiger partial charge in [-0.05, 0) is 24.9 Å². The molecule has 96 valence electrons. The summed E-state index contributed by atoms with van der Waals surface area (Å²) >= 11 is 0. The lowest BCUT2D eigenvalue weighted by Gasteiger charge is -2.07. The number of carbonyl (C=O) groups excluding carboxylic acids is 1. The average Bonchev–Trinajstić information content (AvgIpc) is 2.20. The van der Waals surface area contributed by atoms with Crippen LogP contribution in [0.15, 0.2) is 0 Å². The second-order valence-corrected chi connectivity index (χ2v) is 6.72. The first-order valence-electron chi connectivity index (χ1n) is 5.97. The van der Waals surface area contributed by atoms with Gasteiger partial charge in [-0.15, -0.1) is 7.92 Å². The van der Waals surface area contributed by atoms with Crippen molar-refractivity contribution >= 4 is 19.7 Å². The van der Waals surface area contributed by atoms with E-state index in [0.717, 1.165) is 6.42 Å². The van der Waals surface area contributed by atoms with Crippen LogP contribution < -0.4 is 0 Å². The fourth-order valence-electron chi connectivity index (χ4n) is 1.21. The van der Waals surface area contributed by atoms with Gasteiger partial charge >= 0.3 is 5.97 Å². The van der Waals surface area contributed by atoms with Gasteiger partial charge in [-0.25, -0.2) is 0 Å². The van der Waals surface area contributed by atoms with Gasteiger partial charge in [0.15, 0.2) is 0 Å². The van der Waals surface area contributed by atoms with E-state index in [4.69, 9.17) is 5.11 Å². The molecule has 0 aliphatic rings. The molecule has 0 saturated carbocycles. The lowest BCUT2D eigenvalue weighted by molar-refractivity contribution is -0.140. The number of hydrogen-bond donors (Lipinski definition) is 1. The molecule has 4 heteroatoms. The molecule has 0 amide bonds. The summed E-state index contributed by atoms with van der Waals surface area (Å²) in [6.07, 6.45) is 5.04. The molecule has 0 atom stereocenters. The topological polar surface area (TPSA) is 54.4 Å². The van der Waals surface area contributed by atoms with Crippen molar-refractivity contribution in [2.45, 2.75) is 47.0 Å². The number of rotatable bonds is 7. The fourth-order valence-corrected chi connectivity index (χ4v) is 2.55. The molecule has 0 heterocycles. The van der Waals surface area contributed by atoms with Gasteiger partial charge in [-0.2, -0.15) is 0 Å². The van der Waals surface area contributed by atoms with Crippen LogP contribution in [0.1, 0.15) is 47.0 Å². The van der Waals surface area contributed by atoms with E-state index in [9.17, 15) is 9.59 Å². The molecule has 0 bridgehead atoms. The first-order chi connectivity index (χ1) is 7.51. The molecule has 0 saturated heterocycles. The molecule has 0 aromatic rings. The summed E-state index contributed by atoms with van der Waals surface area (Å²) in [6, 6.07) is 0. The Morgan fingerprint density at radius 2 is 1.44 bits per heavy atom.